The molecule has 1 aromatic carbocycles. The lowest BCUT2D eigenvalue weighted by Crippen LogP contribution is -2.62. The molecule has 550 valence electrons. The van der Waals surface area contributed by atoms with Crippen molar-refractivity contribution in [1.29, 1.82) is 0 Å². The molecule has 0 saturated carbocycles. The van der Waals surface area contributed by atoms with E-state index in [0.29, 0.717) is 4.73 Å². The third-order valence-corrected chi connectivity index (χ3v) is 22.3. The zero-order chi connectivity index (χ0) is 74.5. The van der Waals surface area contributed by atoms with E-state index in [1.165, 1.54) is 66.9 Å². The average Bonchev–Trinajstić information content (AvgIpc) is 1.71. The van der Waals surface area contributed by atoms with Crippen molar-refractivity contribution in [2.24, 2.45) is 0 Å². The van der Waals surface area contributed by atoms with Gasteiger partial charge < -0.3 is 85.7 Å². The number of pyridine rings is 1. The Labute approximate surface area is 609 Å². The van der Waals surface area contributed by atoms with Crippen molar-refractivity contribution in [3.8, 4) is 38.4 Å². The Hall–Kier alpha value is -9.37. The maximum absolute atomic E-state index is 15.2. The quantitative estimate of drug-likeness (QED) is 0.0362. The minimum atomic E-state index is -4.41. The van der Waals surface area contributed by atoms with E-state index in [-0.39, 0.29) is 110 Å². The number of carbonyl (C=O) groups excluding carboxylic acids is 8. The molecule has 4 aliphatic heterocycles. The molecule has 11 N–H and O–H groups in total. The molecule has 11 heterocycles. The molecule has 35 nitrogen and oxygen atoms in total. The Morgan fingerprint density at radius 1 is 0.846 bits per heavy atom. The van der Waals surface area contributed by atoms with Crippen molar-refractivity contribution in [3.05, 3.63) is 112 Å². The summed E-state index contributed by atoms with van der Waals surface area (Å²) in [5.74, 6) is -9.01. The largest absolute Gasteiger partial charge is 0.506 e. The number of fused-ring (bicyclic) bond motifs is 15. The summed E-state index contributed by atoms with van der Waals surface area (Å²) in [5.41, 5.74) is -3.19. The van der Waals surface area contributed by atoms with E-state index in [1.807, 2.05) is 0 Å². The zero-order valence-corrected chi connectivity index (χ0v) is 60.9. The normalized spacial score (nSPS) is 23.8. The van der Waals surface area contributed by atoms with Gasteiger partial charge in [-0.2, -0.15) is 13.1 Å². The number of aliphatic hydroxyl groups is 2. The first-order chi connectivity index (χ1) is 49.4. The predicted molar refractivity (Wildman–Crippen MR) is 371 cm³/mol. The Balaban J connectivity index is 1.01. The number of esters is 2. The maximum Gasteiger partial charge on any atom is 0.358 e. The van der Waals surface area contributed by atoms with Crippen LogP contribution in [0.25, 0.3) is 49.3 Å². The Bertz CT molecular complexity index is 4880. The van der Waals surface area contributed by atoms with Crippen LogP contribution >= 0.6 is 56.7 Å². The number of aliphatic hydroxyl groups excluding tert-OH is 1. The van der Waals surface area contributed by atoms with Crippen LogP contribution in [-0.2, 0) is 66.1 Å². The van der Waals surface area contributed by atoms with Crippen molar-refractivity contribution in [1.82, 2.24) is 71.4 Å². The minimum absolute atomic E-state index is 0.00720. The number of thiazole rings is 5. The van der Waals surface area contributed by atoms with E-state index in [1.54, 1.807) is 45.0 Å². The van der Waals surface area contributed by atoms with Gasteiger partial charge in [0.15, 0.2) is 18.1 Å². The number of nitrogens with zero attached hydrogens (tertiary/aromatic N) is 8. The molecule has 0 unspecified atom stereocenters. The molecule has 12 rings (SSSR count). The van der Waals surface area contributed by atoms with Crippen LogP contribution in [0, 0.1) is 0 Å². The highest BCUT2D eigenvalue weighted by Gasteiger charge is 2.50. The number of aromatic hydroxyl groups is 1. The summed E-state index contributed by atoms with van der Waals surface area (Å²) in [4.78, 5) is 145. The summed E-state index contributed by atoms with van der Waals surface area (Å²) < 4.78 is 69.7. The minimum Gasteiger partial charge on any atom is -0.506 e. The van der Waals surface area contributed by atoms with E-state index in [9.17, 15) is 48.1 Å². The zero-order valence-electron chi connectivity index (χ0n) is 56.0. The van der Waals surface area contributed by atoms with Crippen LogP contribution in [0.5, 0.6) is 5.75 Å². The highest BCUT2D eigenvalue weighted by molar-refractivity contribution is 7.85. The lowest BCUT2D eigenvalue weighted by atomic mass is 9.85. The van der Waals surface area contributed by atoms with Gasteiger partial charge in [-0.3, -0.25) is 33.3 Å². The van der Waals surface area contributed by atoms with Gasteiger partial charge in [0.1, 0.15) is 126 Å². The molecule has 11 atom stereocenters. The Morgan fingerprint density at radius 2 is 1.51 bits per heavy atom. The van der Waals surface area contributed by atoms with E-state index in [0.717, 1.165) is 56.7 Å². The number of ether oxygens (including phenoxy) is 6. The van der Waals surface area contributed by atoms with Gasteiger partial charge in [-0.25, -0.2) is 39.5 Å². The second-order valence-corrected chi connectivity index (χ2v) is 30.7. The fraction of sp³-hybridized carbons (Fsp3) is 0.397. The molecule has 8 aromatic rings. The van der Waals surface area contributed by atoms with Crippen molar-refractivity contribution < 1.29 is 100 Å². The summed E-state index contributed by atoms with van der Waals surface area (Å²) >= 11 is 4.35. The first-order valence-corrected chi connectivity index (χ1v) is 37.6. The van der Waals surface area contributed by atoms with Gasteiger partial charge in [-0.05, 0) is 66.4 Å². The SMILES string of the molecule is CO/C(C)=C1/NC(=O)[C@H]([C@@H](C)O)NC(=O)c2csc(n2)-c2cc(O)c(-c3nc(C(=O)N[C@@H](C)C(=O)NCCS(=O)(=O)O)cs3)nc2-c2csc(n2)[C@@H]2COC(=O)c3c4c5c(cccc5n3O)COC(=O)[C@@H](O[C@H]3C[C@](C)(O)[C@H](N(C)C)[C@H](C)O3)[C@@H](OC4)[C@H](NC(=O)c3csc1n3)c1nc(cs1)C(=O)N2. The second-order valence-electron chi connectivity index (χ2n) is 24.8. The molecule has 7 aromatic heterocycles. The number of rotatable bonds is 12. The number of carbonyl (C=O) groups is 8. The van der Waals surface area contributed by atoms with Crippen molar-refractivity contribution in [2.45, 2.75) is 121 Å². The summed E-state index contributed by atoms with van der Waals surface area (Å²) in [6.45, 7) is 4.99. The van der Waals surface area contributed by atoms with Crippen LogP contribution in [0.1, 0.15) is 132 Å². The number of hydrogen-bond donors (Lipinski definition) is 11. The molecule has 1 saturated heterocycles. The molecule has 104 heavy (non-hydrogen) atoms. The molecule has 1 fully saturated rings. The molecule has 6 amide bonds. The van der Waals surface area contributed by atoms with Crippen LogP contribution < -0.4 is 31.9 Å². The predicted octanol–water partition coefficient (Wildman–Crippen LogP) is 3.29. The summed E-state index contributed by atoms with van der Waals surface area (Å²) in [5, 5.41) is 69.8. The monoisotopic (exact) mass is 1550 g/mol. The highest BCUT2D eigenvalue weighted by Crippen LogP contribution is 2.43. The molecule has 0 spiro atoms. The number of hydrogen-bond acceptors (Lipinski definition) is 32. The number of allylic oxidation sites excluding steroid dienone is 1. The first-order valence-electron chi connectivity index (χ1n) is 31.6. The van der Waals surface area contributed by atoms with Crippen LogP contribution in [0.2, 0.25) is 0 Å². The van der Waals surface area contributed by atoms with Gasteiger partial charge >= 0.3 is 11.9 Å². The molecule has 0 radical (unpaired) electrons. The molecular weight excluding hydrogens is 1480 g/mol. The van der Waals surface area contributed by atoms with Gasteiger partial charge in [0.05, 0.1) is 48.8 Å². The van der Waals surface area contributed by atoms with Crippen molar-refractivity contribution in [3.63, 3.8) is 0 Å². The Kier molecular flexibility index (Phi) is 21.5. The molecule has 12 bridgehead atoms. The van der Waals surface area contributed by atoms with Crippen LogP contribution in [0.4, 0.5) is 0 Å². The lowest BCUT2D eigenvalue weighted by Gasteiger charge is -2.48. The second kappa shape index (κ2) is 30.0. The van der Waals surface area contributed by atoms with E-state index < -0.39 is 168 Å². The standard InChI is InChI=1S/C63H66N14O21S6/c1-24(50(80)64-12-13-104(90,91)92)65-51(81)33-21-102-59(70-33)44-38(79)14-29-43(72-44)32-19-100-57(67-32)31-18-96-61(86)46-30-17-94-47(48(98-39-15-63(5,88)49(76(6)7)27(4)97-39)62(87)95-16-28-10-9-11-37(40(28)30)77(46)89)45(60-71-34(22-103-60)52(82)66-31)75-54(84)36-23-101-58(69-36)42(26(3)93-8)74-55(85)41(25(2)78)73-53(83)35-20-99-56(29)68-35/h9-11,14,19-25,27,31,39,41,45,47-49,78-79,88-89H,12-13,15-18H2,1-8H3,(H,64,80)(H,65,81)(H,66,82)(H,73,83)(H,74,85)(H,75,84)(H,90,91,92)/b42-26+/t24-,25+,27-,31-,39-,41-,45-,47-,48-,49+,63-/m0/s1. The van der Waals surface area contributed by atoms with E-state index >= 15 is 19.2 Å². The number of aromatic nitrogens is 7. The number of nitrogens with one attached hydrogen (secondary N) is 6. The summed E-state index contributed by atoms with van der Waals surface area (Å²) in [7, 11) is 0.400. The van der Waals surface area contributed by atoms with Gasteiger partial charge in [0.2, 0.25) is 11.8 Å². The number of methoxy groups -OCH3 is 1. The highest BCUT2D eigenvalue weighted by atomic mass is 32.2. The number of likely N-dealkylation sites (N-methyl/N-ethyl adjacent to an activating group) is 1. The van der Waals surface area contributed by atoms with Gasteiger partial charge in [-0.1, -0.05) is 12.1 Å². The van der Waals surface area contributed by atoms with Gasteiger partial charge in [-0.15, -0.1) is 56.7 Å². The summed E-state index contributed by atoms with van der Waals surface area (Å²) in [6, 6.07) is -0.746. The number of amides is 6. The van der Waals surface area contributed by atoms with E-state index in [2.05, 4.69) is 46.9 Å². The van der Waals surface area contributed by atoms with Crippen LogP contribution in [0.15, 0.2) is 56.9 Å². The van der Waals surface area contributed by atoms with Gasteiger partial charge in [0.25, 0.3) is 33.7 Å². The van der Waals surface area contributed by atoms with E-state index in [4.69, 9.17) is 47.9 Å². The van der Waals surface area contributed by atoms with Crippen molar-refractivity contribution in [2.75, 3.05) is 40.1 Å². The first kappa shape index (κ1) is 74.4. The van der Waals surface area contributed by atoms with Crippen LogP contribution in [-0.4, -0.2) is 215 Å². The lowest BCUT2D eigenvalue weighted by molar-refractivity contribution is -0.280. The molecule has 4 aliphatic rings. The molecular formula is C63H66N14O21S6. The average molecular weight is 1550 g/mol. The Morgan fingerprint density at radius 3 is 2.22 bits per heavy atom. The third-order valence-electron chi connectivity index (χ3n) is 17.2. The number of benzene rings is 1. The molecule has 0 aliphatic carbocycles. The van der Waals surface area contributed by atoms with Crippen LogP contribution in [0.3, 0.4) is 0 Å². The summed E-state index contributed by atoms with van der Waals surface area (Å²) in [6.07, 6.45) is -7.65. The third kappa shape index (κ3) is 15.4. The fourth-order valence-electron chi connectivity index (χ4n) is 12.3. The van der Waals surface area contributed by atoms with Crippen molar-refractivity contribution >= 4 is 131 Å². The maximum atomic E-state index is 15.2. The number of cyclic esters (lactones) is 2. The van der Waals surface area contributed by atoms with Gasteiger partial charge in [0, 0.05) is 56.4 Å². The molecule has 41 heteroatoms. The smallest absolute Gasteiger partial charge is 0.358 e. The topological polar surface area (TPSA) is 485 Å². The fourth-order valence-corrected chi connectivity index (χ4v) is 16.8.